The molecule has 0 saturated carbocycles. The molecule has 1 aromatic heterocycles. The van der Waals surface area contributed by atoms with Gasteiger partial charge in [0, 0.05) is 16.8 Å². The molecule has 1 N–H and O–H groups in total. The summed E-state index contributed by atoms with van der Waals surface area (Å²) < 4.78 is 17.7. The first-order valence-corrected chi connectivity index (χ1v) is 8.77. The summed E-state index contributed by atoms with van der Waals surface area (Å²) in [6.45, 7) is 9.74. The molecule has 27 heavy (non-hydrogen) atoms. The number of methoxy groups -OCH3 is 1. The zero-order chi connectivity index (χ0) is 20.0. The van der Waals surface area contributed by atoms with E-state index in [2.05, 4.69) is 4.98 Å². The van der Waals surface area contributed by atoms with E-state index in [1.54, 1.807) is 26.2 Å². The maximum absolute atomic E-state index is 12.2. The molecule has 0 radical (unpaired) electrons. The topological polar surface area (TPSA) is 84.3 Å². The third kappa shape index (κ3) is 3.27. The molecule has 140 valence electrons. The molecule has 0 amide bonds. The number of pyridine rings is 1. The highest BCUT2D eigenvalue weighted by molar-refractivity contribution is 6.62. The number of aromatic nitrogens is 1. The van der Waals surface area contributed by atoms with E-state index in [9.17, 15) is 10.1 Å². The van der Waals surface area contributed by atoms with Crippen LogP contribution in [-0.4, -0.2) is 30.4 Å². The zero-order valence-corrected chi connectivity index (χ0v) is 16.5. The number of nitriles is 1. The van der Waals surface area contributed by atoms with Gasteiger partial charge in [-0.1, -0.05) is 12.1 Å². The van der Waals surface area contributed by atoms with Gasteiger partial charge >= 0.3 is 7.12 Å². The number of nitrogens with zero attached hydrogens (tertiary/aromatic N) is 1. The largest absolute Gasteiger partial charge is 0.496 e. The number of aryl methyl sites for hydroxylation is 1. The van der Waals surface area contributed by atoms with Crippen LogP contribution in [0.4, 0.5) is 0 Å². The molecular weight excluding hydrogens is 343 g/mol. The highest BCUT2D eigenvalue weighted by Crippen LogP contribution is 2.37. The van der Waals surface area contributed by atoms with E-state index >= 15 is 0 Å². The summed E-state index contributed by atoms with van der Waals surface area (Å²) in [5.41, 5.74) is 1.33. The van der Waals surface area contributed by atoms with Gasteiger partial charge in [0.2, 0.25) is 0 Å². The number of benzene rings is 1. The van der Waals surface area contributed by atoms with Crippen molar-refractivity contribution in [2.45, 2.75) is 45.8 Å². The van der Waals surface area contributed by atoms with Crippen molar-refractivity contribution in [2.24, 2.45) is 0 Å². The maximum atomic E-state index is 12.2. The van der Waals surface area contributed by atoms with Crippen molar-refractivity contribution in [3.8, 4) is 22.9 Å². The quantitative estimate of drug-likeness (QED) is 0.844. The fourth-order valence-corrected chi connectivity index (χ4v) is 3.07. The van der Waals surface area contributed by atoms with Crippen LogP contribution in [0.25, 0.3) is 11.1 Å². The molecule has 1 aliphatic heterocycles. The Morgan fingerprint density at radius 3 is 2.30 bits per heavy atom. The van der Waals surface area contributed by atoms with Crippen molar-refractivity contribution in [1.29, 1.82) is 5.26 Å². The van der Waals surface area contributed by atoms with Gasteiger partial charge in [-0.2, -0.15) is 5.26 Å². The molecule has 2 aromatic rings. The van der Waals surface area contributed by atoms with Crippen LogP contribution in [0, 0.1) is 18.3 Å². The summed E-state index contributed by atoms with van der Waals surface area (Å²) in [5, 5.41) is 9.47. The first-order chi connectivity index (χ1) is 12.6. The number of hydrogen-bond acceptors (Lipinski definition) is 5. The molecule has 0 spiro atoms. The van der Waals surface area contributed by atoms with Crippen LogP contribution in [0.15, 0.2) is 29.1 Å². The van der Waals surface area contributed by atoms with E-state index in [4.69, 9.17) is 14.0 Å². The summed E-state index contributed by atoms with van der Waals surface area (Å²) in [7, 11) is 1.01. The predicted octanol–water partition coefficient (Wildman–Crippen LogP) is 2.53. The number of ether oxygens (including phenoxy) is 1. The molecule has 6 nitrogen and oxygen atoms in total. The Hall–Kier alpha value is -2.56. The van der Waals surface area contributed by atoms with E-state index in [-0.39, 0.29) is 5.56 Å². The van der Waals surface area contributed by atoms with E-state index in [1.165, 1.54) is 0 Å². The van der Waals surface area contributed by atoms with Crippen LogP contribution in [0.1, 0.15) is 39.0 Å². The molecule has 1 aliphatic rings. The van der Waals surface area contributed by atoms with Crippen molar-refractivity contribution in [1.82, 2.24) is 4.98 Å². The Kier molecular flexibility index (Phi) is 4.67. The average Bonchev–Trinajstić information content (AvgIpc) is 2.81. The summed E-state index contributed by atoms with van der Waals surface area (Å²) in [6.07, 6.45) is 0. The lowest BCUT2D eigenvalue weighted by Gasteiger charge is -2.32. The van der Waals surface area contributed by atoms with Gasteiger partial charge in [0.05, 0.1) is 18.3 Å². The van der Waals surface area contributed by atoms with Crippen LogP contribution in [0.5, 0.6) is 5.75 Å². The second-order valence-electron chi connectivity index (χ2n) is 7.73. The Morgan fingerprint density at radius 2 is 1.74 bits per heavy atom. The van der Waals surface area contributed by atoms with Gasteiger partial charge in [0.25, 0.3) is 5.56 Å². The minimum absolute atomic E-state index is 0.0463. The molecule has 0 unspecified atom stereocenters. The van der Waals surface area contributed by atoms with Crippen LogP contribution >= 0.6 is 0 Å². The number of H-pyrrole nitrogens is 1. The smallest absolute Gasteiger partial charge is 0.494 e. The minimum atomic E-state index is -0.548. The Labute approximate surface area is 159 Å². The molecular formula is C20H23BN2O4. The van der Waals surface area contributed by atoms with Gasteiger partial charge < -0.3 is 19.0 Å². The Bertz CT molecular complexity index is 972. The van der Waals surface area contributed by atoms with Gasteiger partial charge in [-0.05, 0) is 52.2 Å². The monoisotopic (exact) mass is 366 g/mol. The SMILES string of the molecule is COc1ccc(B2OC(C)(C)C(C)(C)O2)cc1-c1cc(C)[nH]c(=O)c1C#N. The van der Waals surface area contributed by atoms with Crippen molar-refractivity contribution >= 4 is 12.6 Å². The lowest BCUT2D eigenvalue weighted by Crippen LogP contribution is -2.41. The second kappa shape index (κ2) is 6.56. The van der Waals surface area contributed by atoms with Gasteiger partial charge in [-0.3, -0.25) is 4.79 Å². The fraction of sp³-hybridized carbons (Fsp3) is 0.400. The maximum Gasteiger partial charge on any atom is 0.494 e. The van der Waals surface area contributed by atoms with E-state index in [0.29, 0.717) is 22.6 Å². The molecule has 1 aromatic carbocycles. The predicted molar refractivity (Wildman–Crippen MR) is 104 cm³/mol. The third-order valence-corrected chi connectivity index (χ3v) is 5.32. The standard InChI is InChI=1S/C20H23BN2O4/c1-12-9-14(16(11-22)18(24)23-12)15-10-13(7-8-17(15)25-6)21-26-19(2,3)20(4,5)27-21/h7-10H,1-6H3,(H,23,24). The molecule has 0 atom stereocenters. The van der Waals surface area contributed by atoms with Crippen molar-refractivity contribution < 1.29 is 14.0 Å². The minimum Gasteiger partial charge on any atom is -0.496 e. The first-order valence-electron chi connectivity index (χ1n) is 8.77. The molecule has 1 fully saturated rings. The Morgan fingerprint density at radius 1 is 1.11 bits per heavy atom. The normalized spacial score (nSPS) is 17.6. The lowest BCUT2D eigenvalue weighted by molar-refractivity contribution is 0.00578. The molecule has 0 aliphatic carbocycles. The summed E-state index contributed by atoms with van der Waals surface area (Å²) in [5.74, 6) is 0.566. The highest BCUT2D eigenvalue weighted by atomic mass is 16.7. The highest BCUT2D eigenvalue weighted by Gasteiger charge is 2.51. The summed E-state index contributed by atoms with van der Waals surface area (Å²) >= 11 is 0. The van der Waals surface area contributed by atoms with Gasteiger partial charge in [0.15, 0.2) is 0 Å². The van der Waals surface area contributed by atoms with Crippen molar-refractivity contribution in [2.75, 3.05) is 7.11 Å². The lowest BCUT2D eigenvalue weighted by atomic mass is 9.77. The van der Waals surface area contributed by atoms with E-state index < -0.39 is 23.9 Å². The third-order valence-electron chi connectivity index (χ3n) is 5.32. The summed E-state index contributed by atoms with van der Waals surface area (Å²) in [4.78, 5) is 14.9. The van der Waals surface area contributed by atoms with Crippen LogP contribution in [-0.2, 0) is 9.31 Å². The molecule has 2 heterocycles. The number of nitrogens with one attached hydrogen (secondary N) is 1. The molecule has 0 bridgehead atoms. The zero-order valence-electron chi connectivity index (χ0n) is 16.5. The number of hydrogen-bond donors (Lipinski definition) is 1. The molecule has 1 saturated heterocycles. The molecule has 7 heteroatoms. The van der Waals surface area contributed by atoms with Crippen LogP contribution in [0.2, 0.25) is 0 Å². The van der Waals surface area contributed by atoms with Gasteiger partial charge in [-0.15, -0.1) is 0 Å². The first kappa shape index (κ1) is 19.2. The Balaban J connectivity index is 2.15. The van der Waals surface area contributed by atoms with Crippen molar-refractivity contribution in [3.63, 3.8) is 0 Å². The molecule has 3 rings (SSSR count). The van der Waals surface area contributed by atoms with Crippen molar-refractivity contribution in [3.05, 3.63) is 45.9 Å². The number of rotatable bonds is 3. The van der Waals surface area contributed by atoms with Gasteiger partial charge in [-0.25, -0.2) is 0 Å². The summed E-state index contributed by atoms with van der Waals surface area (Å²) in [6, 6.07) is 9.29. The average molecular weight is 366 g/mol. The fourth-order valence-electron chi connectivity index (χ4n) is 3.07. The second-order valence-corrected chi connectivity index (χ2v) is 7.73. The van der Waals surface area contributed by atoms with Crippen LogP contribution in [0.3, 0.4) is 0 Å². The van der Waals surface area contributed by atoms with Gasteiger partial charge in [0.1, 0.15) is 17.4 Å². The van der Waals surface area contributed by atoms with E-state index in [1.807, 2.05) is 45.9 Å². The van der Waals surface area contributed by atoms with E-state index in [0.717, 1.165) is 5.46 Å². The van der Waals surface area contributed by atoms with Crippen LogP contribution < -0.4 is 15.8 Å². The number of aromatic amines is 1.